The van der Waals surface area contributed by atoms with Crippen LogP contribution in [-0.4, -0.2) is 43.4 Å². The van der Waals surface area contributed by atoms with E-state index in [9.17, 15) is 13.6 Å². The SMILES string of the molecule is O=C(CO)NC1CCN(c2ccccc2OC(F)F)C1. The van der Waals surface area contributed by atoms with Crippen molar-refractivity contribution in [2.45, 2.75) is 19.1 Å². The standard InChI is InChI=1S/C13H16F2N2O3/c14-13(15)20-11-4-2-1-3-10(11)17-6-5-9(7-17)16-12(19)8-18/h1-4,9,13,18H,5-8H2,(H,16,19). The summed E-state index contributed by atoms with van der Waals surface area (Å²) in [6.45, 7) is -2.31. The van der Waals surface area contributed by atoms with Gasteiger partial charge in [-0.05, 0) is 18.6 Å². The Bertz CT molecular complexity index is 471. The molecule has 7 heteroatoms. The number of hydrogen-bond donors (Lipinski definition) is 2. The minimum atomic E-state index is -2.87. The summed E-state index contributed by atoms with van der Waals surface area (Å²) >= 11 is 0. The number of nitrogens with one attached hydrogen (secondary N) is 1. The molecule has 0 aromatic heterocycles. The van der Waals surface area contributed by atoms with Crippen LogP contribution < -0.4 is 15.0 Å². The molecule has 1 aliphatic heterocycles. The van der Waals surface area contributed by atoms with Crippen LogP contribution >= 0.6 is 0 Å². The molecule has 1 saturated heterocycles. The van der Waals surface area contributed by atoms with E-state index >= 15 is 0 Å². The number of anilines is 1. The minimum Gasteiger partial charge on any atom is -0.433 e. The van der Waals surface area contributed by atoms with Crippen molar-refractivity contribution in [3.05, 3.63) is 24.3 Å². The van der Waals surface area contributed by atoms with Gasteiger partial charge in [0, 0.05) is 19.1 Å². The average Bonchev–Trinajstić information content (AvgIpc) is 2.87. The molecular weight excluding hydrogens is 270 g/mol. The third-order valence-electron chi connectivity index (χ3n) is 3.12. The summed E-state index contributed by atoms with van der Waals surface area (Å²) in [6.07, 6.45) is 0.689. The predicted molar refractivity (Wildman–Crippen MR) is 68.9 cm³/mol. The van der Waals surface area contributed by atoms with Crippen molar-refractivity contribution in [2.75, 3.05) is 24.6 Å². The molecule has 1 atom stereocenters. The first-order chi connectivity index (χ1) is 9.60. The highest BCUT2D eigenvalue weighted by Gasteiger charge is 2.26. The number of halogens is 2. The van der Waals surface area contributed by atoms with Crippen LogP contribution in [0.3, 0.4) is 0 Å². The number of aliphatic hydroxyl groups excluding tert-OH is 1. The molecule has 20 heavy (non-hydrogen) atoms. The molecular formula is C13H16F2N2O3. The summed E-state index contributed by atoms with van der Waals surface area (Å²) in [5.74, 6) is -0.314. The molecule has 5 nitrogen and oxygen atoms in total. The lowest BCUT2D eigenvalue weighted by Crippen LogP contribution is -2.38. The Morgan fingerprint density at radius 1 is 1.50 bits per heavy atom. The van der Waals surface area contributed by atoms with Gasteiger partial charge in [0.25, 0.3) is 0 Å². The highest BCUT2D eigenvalue weighted by Crippen LogP contribution is 2.31. The van der Waals surface area contributed by atoms with Gasteiger partial charge in [0.1, 0.15) is 12.4 Å². The van der Waals surface area contributed by atoms with Gasteiger partial charge >= 0.3 is 6.61 Å². The maximum Gasteiger partial charge on any atom is 0.387 e. The molecule has 1 amide bonds. The summed E-state index contributed by atoms with van der Waals surface area (Å²) in [6, 6.07) is 6.46. The van der Waals surface area contributed by atoms with E-state index < -0.39 is 19.1 Å². The lowest BCUT2D eigenvalue weighted by molar-refractivity contribution is -0.124. The molecule has 2 rings (SSSR count). The second kappa shape index (κ2) is 6.51. The van der Waals surface area contributed by atoms with Gasteiger partial charge < -0.3 is 20.1 Å². The lowest BCUT2D eigenvalue weighted by Gasteiger charge is -2.21. The number of benzene rings is 1. The van der Waals surface area contributed by atoms with Crippen molar-refractivity contribution in [3.8, 4) is 5.75 Å². The van der Waals surface area contributed by atoms with Gasteiger partial charge in [-0.25, -0.2) is 0 Å². The molecule has 1 unspecified atom stereocenters. The van der Waals surface area contributed by atoms with E-state index in [-0.39, 0.29) is 11.8 Å². The Morgan fingerprint density at radius 2 is 2.25 bits per heavy atom. The quantitative estimate of drug-likeness (QED) is 0.847. The topological polar surface area (TPSA) is 61.8 Å². The zero-order valence-electron chi connectivity index (χ0n) is 10.8. The molecule has 0 spiro atoms. The number of ether oxygens (including phenoxy) is 1. The maximum absolute atomic E-state index is 12.4. The normalized spacial score (nSPS) is 18.4. The molecule has 0 saturated carbocycles. The molecule has 110 valence electrons. The monoisotopic (exact) mass is 286 g/mol. The van der Waals surface area contributed by atoms with Gasteiger partial charge in [0.2, 0.25) is 5.91 Å². The fraction of sp³-hybridized carbons (Fsp3) is 0.462. The summed E-state index contributed by atoms with van der Waals surface area (Å²) in [5, 5.41) is 11.4. The van der Waals surface area contributed by atoms with E-state index in [4.69, 9.17) is 5.11 Å². The average molecular weight is 286 g/mol. The number of alkyl halides is 2. The number of rotatable bonds is 5. The fourth-order valence-corrected chi connectivity index (χ4v) is 2.28. The number of nitrogens with zero attached hydrogens (tertiary/aromatic N) is 1. The van der Waals surface area contributed by atoms with E-state index in [1.165, 1.54) is 6.07 Å². The molecule has 1 aliphatic rings. The van der Waals surface area contributed by atoms with Gasteiger partial charge in [-0.15, -0.1) is 0 Å². The lowest BCUT2D eigenvalue weighted by atomic mass is 10.2. The first-order valence-electron chi connectivity index (χ1n) is 6.29. The van der Waals surface area contributed by atoms with Crippen molar-refractivity contribution < 1.29 is 23.4 Å². The number of carbonyl (C=O) groups is 1. The van der Waals surface area contributed by atoms with Crippen LogP contribution in [0.15, 0.2) is 24.3 Å². The van der Waals surface area contributed by atoms with Crippen LogP contribution in [0.5, 0.6) is 5.75 Å². The van der Waals surface area contributed by atoms with Crippen molar-refractivity contribution in [1.82, 2.24) is 5.32 Å². The molecule has 1 heterocycles. The van der Waals surface area contributed by atoms with Gasteiger partial charge in [0.05, 0.1) is 5.69 Å². The van der Waals surface area contributed by atoms with E-state index in [1.807, 2.05) is 4.90 Å². The summed E-state index contributed by atoms with van der Waals surface area (Å²) < 4.78 is 29.2. The second-order valence-electron chi connectivity index (χ2n) is 4.50. The Kier molecular flexibility index (Phi) is 4.73. The number of para-hydroxylation sites is 2. The van der Waals surface area contributed by atoms with Gasteiger partial charge in [0.15, 0.2) is 0 Å². The second-order valence-corrected chi connectivity index (χ2v) is 4.50. The van der Waals surface area contributed by atoms with E-state index in [1.54, 1.807) is 18.2 Å². The van der Waals surface area contributed by atoms with Gasteiger partial charge in [-0.2, -0.15) is 8.78 Å². The third-order valence-corrected chi connectivity index (χ3v) is 3.12. The fourth-order valence-electron chi connectivity index (χ4n) is 2.28. The van der Waals surface area contributed by atoms with Crippen LogP contribution in [0.4, 0.5) is 14.5 Å². The van der Waals surface area contributed by atoms with Crippen molar-refractivity contribution >= 4 is 11.6 Å². The van der Waals surface area contributed by atoms with E-state index in [0.29, 0.717) is 25.2 Å². The van der Waals surface area contributed by atoms with Gasteiger partial charge in [-0.1, -0.05) is 12.1 Å². The number of amides is 1. The van der Waals surface area contributed by atoms with Gasteiger partial charge in [-0.3, -0.25) is 4.79 Å². The van der Waals surface area contributed by atoms with Crippen molar-refractivity contribution in [1.29, 1.82) is 0 Å². The summed E-state index contributed by atoms with van der Waals surface area (Å²) in [7, 11) is 0. The van der Waals surface area contributed by atoms with Crippen LogP contribution in [0.25, 0.3) is 0 Å². The largest absolute Gasteiger partial charge is 0.433 e. The van der Waals surface area contributed by atoms with Crippen molar-refractivity contribution in [3.63, 3.8) is 0 Å². The number of hydrogen-bond acceptors (Lipinski definition) is 4. The Morgan fingerprint density at radius 3 is 2.95 bits per heavy atom. The molecule has 0 aliphatic carbocycles. The molecule has 0 radical (unpaired) electrons. The third kappa shape index (κ3) is 3.57. The minimum absolute atomic E-state index is 0.103. The number of aliphatic hydroxyl groups is 1. The molecule has 0 bridgehead atoms. The van der Waals surface area contributed by atoms with Crippen molar-refractivity contribution in [2.24, 2.45) is 0 Å². The smallest absolute Gasteiger partial charge is 0.387 e. The Hall–Kier alpha value is -1.89. The first kappa shape index (κ1) is 14.5. The molecule has 2 N–H and O–H groups in total. The van der Waals surface area contributed by atoms with E-state index in [0.717, 1.165) is 0 Å². The van der Waals surface area contributed by atoms with Crippen LogP contribution in [0.1, 0.15) is 6.42 Å². The molecule has 1 aromatic carbocycles. The summed E-state index contributed by atoms with van der Waals surface area (Å²) in [4.78, 5) is 13.0. The summed E-state index contributed by atoms with van der Waals surface area (Å²) in [5.41, 5.74) is 0.577. The zero-order chi connectivity index (χ0) is 14.5. The molecule has 1 fully saturated rings. The van der Waals surface area contributed by atoms with Crippen LogP contribution in [0.2, 0.25) is 0 Å². The van der Waals surface area contributed by atoms with E-state index in [2.05, 4.69) is 10.1 Å². The highest BCUT2D eigenvalue weighted by atomic mass is 19.3. The maximum atomic E-state index is 12.4. The Labute approximate surface area is 115 Å². The zero-order valence-corrected chi connectivity index (χ0v) is 10.8. The highest BCUT2D eigenvalue weighted by molar-refractivity contribution is 5.77. The predicted octanol–water partition coefficient (Wildman–Crippen LogP) is 0.975. The Balaban J connectivity index is 2.04. The first-order valence-corrected chi connectivity index (χ1v) is 6.29. The van der Waals surface area contributed by atoms with Crippen LogP contribution in [0, 0.1) is 0 Å². The molecule has 1 aromatic rings. The number of carbonyl (C=O) groups excluding carboxylic acids is 1. The van der Waals surface area contributed by atoms with Crippen LogP contribution in [-0.2, 0) is 4.79 Å².